The molecule has 4 rings (SSSR count). The lowest BCUT2D eigenvalue weighted by atomic mass is 9.97. The summed E-state index contributed by atoms with van der Waals surface area (Å²) in [5.41, 5.74) is 2.51. The van der Waals surface area contributed by atoms with E-state index in [9.17, 15) is 4.79 Å². The summed E-state index contributed by atoms with van der Waals surface area (Å²) in [6, 6.07) is 10.2. The van der Waals surface area contributed by atoms with E-state index in [1.54, 1.807) is 0 Å². The van der Waals surface area contributed by atoms with Crippen molar-refractivity contribution >= 4 is 12.2 Å². The van der Waals surface area contributed by atoms with Crippen molar-refractivity contribution in [3.05, 3.63) is 53.2 Å². The van der Waals surface area contributed by atoms with Crippen molar-refractivity contribution in [3.8, 4) is 0 Å². The van der Waals surface area contributed by atoms with E-state index in [1.807, 2.05) is 18.2 Å². The van der Waals surface area contributed by atoms with Crippen molar-refractivity contribution in [3.63, 3.8) is 0 Å². The number of allylic oxidation sites excluding steroid dienone is 1. The molecule has 0 radical (unpaired) electrons. The molecule has 1 saturated heterocycles. The number of carboxylic acid groups (broad SMARTS) is 1. The molecule has 1 atom stereocenters. The first kappa shape index (κ1) is 14.9. The molecule has 1 aromatic carbocycles. The number of aromatic nitrogens is 2. The van der Waals surface area contributed by atoms with E-state index in [0.717, 1.165) is 19.3 Å². The Bertz CT molecular complexity index is 761. The second kappa shape index (κ2) is 6.11. The predicted octanol–water partition coefficient (Wildman–Crippen LogP) is 3.50. The van der Waals surface area contributed by atoms with Crippen molar-refractivity contribution in [2.75, 3.05) is 13.1 Å². The molecular formula is C18H19N3O3. The molecule has 6 heteroatoms. The Morgan fingerprint density at radius 2 is 1.88 bits per heavy atom. The molecule has 1 saturated carbocycles. The lowest BCUT2D eigenvalue weighted by Crippen LogP contribution is -2.36. The average molecular weight is 325 g/mol. The molecule has 24 heavy (non-hydrogen) atoms. The summed E-state index contributed by atoms with van der Waals surface area (Å²) < 4.78 is 5.88. The highest BCUT2D eigenvalue weighted by Gasteiger charge is 2.37. The number of hydrogen-bond donors (Lipinski definition) is 1. The number of benzene rings is 1. The summed E-state index contributed by atoms with van der Waals surface area (Å²) in [4.78, 5) is 12.4. The fraction of sp³-hybridized carbons (Fsp3) is 0.389. The highest BCUT2D eigenvalue weighted by Crippen LogP contribution is 2.47. The third-order valence-electron chi connectivity index (χ3n) is 4.75. The molecule has 0 bridgehead atoms. The van der Waals surface area contributed by atoms with Crippen molar-refractivity contribution in [2.45, 2.75) is 31.1 Å². The molecule has 1 aliphatic carbocycles. The van der Waals surface area contributed by atoms with E-state index in [1.165, 1.54) is 16.0 Å². The highest BCUT2D eigenvalue weighted by molar-refractivity contribution is 5.65. The van der Waals surface area contributed by atoms with Gasteiger partial charge >= 0.3 is 6.09 Å². The van der Waals surface area contributed by atoms with Gasteiger partial charge in [-0.05, 0) is 24.8 Å². The zero-order valence-corrected chi connectivity index (χ0v) is 13.3. The lowest BCUT2D eigenvalue weighted by Gasteiger charge is -2.27. The number of piperidine rings is 1. The maximum atomic E-state index is 11.0. The van der Waals surface area contributed by atoms with Crippen LogP contribution in [-0.2, 0) is 0 Å². The van der Waals surface area contributed by atoms with Crippen LogP contribution in [0.1, 0.15) is 48.4 Å². The van der Waals surface area contributed by atoms with Crippen LogP contribution in [0, 0.1) is 0 Å². The Kier molecular flexibility index (Phi) is 3.80. The van der Waals surface area contributed by atoms with E-state index in [2.05, 4.69) is 28.4 Å². The minimum absolute atomic E-state index is 0.169. The van der Waals surface area contributed by atoms with Crippen molar-refractivity contribution < 1.29 is 14.3 Å². The van der Waals surface area contributed by atoms with Crippen molar-refractivity contribution in [1.82, 2.24) is 15.1 Å². The summed E-state index contributed by atoms with van der Waals surface area (Å²) in [6.07, 6.45) is 3.78. The number of amides is 1. The van der Waals surface area contributed by atoms with Gasteiger partial charge in [0.25, 0.3) is 0 Å². The van der Waals surface area contributed by atoms with Crippen LogP contribution in [0.25, 0.3) is 6.08 Å². The summed E-state index contributed by atoms with van der Waals surface area (Å²) in [5, 5.41) is 17.4. The third-order valence-corrected chi connectivity index (χ3v) is 4.75. The number of rotatable bonds is 3. The smallest absolute Gasteiger partial charge is 0.407 e. The van der Waals surface area contributed by atoms with Crippen LogP contribution < -0.4 is 0 Å². The van der Waals surface area contributed by atoms with Crippen LogP contribution in [0.2, 0.25) is 0 Å². The SMILES string of the molecule is O=C(O)N1CCC(c2nnc(C3C/C3=C\c3ccccc3)o2)CC1. The van der Waals surface area contributed by atoms with Crippen LogP contribution in [0.3, 0.4) is 0 Å². The van der Waals surface area contributed by atoms with Gasteiger partial charge in [-0.2, -0.15) is 0 Å². The molecule has 2 aliphatic rings. The van der Waals surface area contributed by atoms with E-state index < -0.39 is 6.09 Å². The Balaban J connectivity index is 1.40. The number of nitrogens with zero attached hydrogens (tertiary/aromatic N) is 3. The van der Waals surface area contributed by atoms with Gasteiger partial charge in [-0.15, -0.1) is 10.2 Å². The average Bonchev–Trinajstić information content (AvgIpc) is 3.19. The molecule has 1 unspecified atom stereocenters. The molecular weight excluding hydrogens is 306 g/mol. The zero-order valence-electron chi connectivity index (χ0n) is 13.3. The summed E-state index contributed by atoms with van der Waals surface area (Å²) in [7, 11) is 0. The van der Waals surface area contributed by atoms with Gasteiger partial charge in [-0.1, -0.05) is 42.0 Å². The van der Waals surface area contributed by atoms with Gasteiger partial charge in [-0.25, -0.2) is 4.79 Å². The van der Waals surface area contributed by atoms with Gasteiger partial charge in [0.2, 0.25) is 11.8 Å². The molecule has 2 fully saturated rings. The summed E-state index contributed by atoms with van der Waals surface area (Å²) in [5.74, 6) is 1.75. The van der Waals surface area contributed by atoms with E-state index in [0.29, 0.717) is 24.9 Å². The fourth-order valence-electron chi connectivity index (χ4n) is 3.22. The largest absolute Gasteiger partial charge is 0.465 e. The monoisotopic (exact) mass is 325 g/mol. The Hall–Kier alpha value is -2.63. The number of hydrogen-bond acceptors (Lipinski definition) is 4. The van der Waals surface area contributed by atoms with Crippen LogP contribution in [0.5, 0.6) is 0 Å². The minimum Gasteiger partial charge on any atom is -0.465 e. The van der Waals surface area contributed by atoms with Gasteiger partial charge in [0.1, 0.15) is 0 Å². The maximum absolute atomic E-state index is 11.0. The molecule has 1 N–H and O–H groups in total. The van der Waals surface area contributed by atoms with Crippen LogP contribution in [0.4, 0.5) is 4.79 Å². The Labute approximate surface area is 139 Å². The highest BCUT2D eigenvalue weighted by atomic mass is 16.4. The molecule has 124 valence electrons. The minimum atomic E-state index is -0.853. The van der Waals surface area contributed by atoms with Crippen molar-refractivity contribution in [1.29, 1.82) is 0 Å². The number of carbonyl (C=O) groups is 1. The second-order valence-electron chi connectivity index (χ2n) is 6.41. The standard InChI is InChI=1S/C18H19N3O3/c22-18(23)21-8-6-13(7-9-21)16-19-20-17(24-16)15-11-14(15)10-12-4-2-1-3-5-12/h1-5,10,13,15H,6-9,11H2,(H,22,23)/b14-10+. The molecule has 1 aliphatic heterocycles. The first-order valence-electron chi connectivity index (χ1n) is 8.27. The van der Waals surface area contributed by atoms with E-state index >= 15 is 0 Å². The van der Waals surface area contributed by atoms with Gasteiger partial charge in [0.15, 0.2) is 0 Å². The summed E-state index contributed by atoms with van der Waals surface area (Å²) in [6.45, 7) is 1.06. The third kappa shape index (κ3) is 3.04. The lowest BCUT2D eigenvalue weighted by molar-refractivity contribution is 0.129. The van der Waals surface area contributed by atoms with Crippen LogP contribution in [0.15, 0.2) is 40.3 Å². The van der Waals surface area contributed by atoms with E-state index in [-0.39, 0.29) is 11.8 Å². The van der Waals surface area contributed by atoms with Crippen LogP contribution in [-0.4, -0.2) is 39.4 Å². The Morgan fingerprint density at radius 1 is 1.17 bits per heavy atom. The van der Waals surface area contributed by atoms with Gasteiger partial charge < -0.3 is 14.4 Å². The maximum Gasteiger partial charge on any atom is 0.407 e. The molecule has 2 aromatic rings. The topological polar surface area (TPSA) is 79.5 Å². The van der Waals surface area contributed by atoms with Crippen molar-refractivity contribution in [2.24, 2.45) is 0 Å². The second-order valence-corrected chi connectivity index (χ2v) is 6.41. The zero-order chi connectivity index (χ0) is 16.5. The molecule has 2 heterocycles. The molecule has 1 aromatic heterocycles. The fourth-order valence-corrected chi connectivity index (χ4v) is 3.22. The molecule has 6 nitrogen and oxygen atoms in total. The quantitative estimate of drug-likeness (QED) is 0.934. The van der Waals surface area contributed by atoms with Gasteiger partial charge in [0, 0.05) is 19.0 Å². The first-order valence-corrected chi connectivity index (χ1v) is 8.27. The summed E-state index contributed by atoms with van der Waals surface area (Å²) >= 11 is 0. The normalized spacial score (nSPS) is 22.8. The Morgan fingerprint density at radius 3 is 2.58 bits per heavy atom. The molecule has 1 amide bonds. The van der Waals surface area contributed by atoms with Gasteiger partial charge in [-0.3, -0.25) is 0 Å². The first-order chi connectivity index (χ1) is 11.7. The number of likely N-dealkylation sites (tertiary alicyclic amines) is 1. The van der Waals surface area contributed by atoms with E-state index in [4.69, 9.17) is 9.52 Å². The van der Waals surface area contributed by atoms with Gasteiger partial charge in [0.05, 0.1) is 5.92 Å². The predicted molar refractivity (Wildman–Crippen MR) is 87.6 cm³/mol. The van der Waals surface area contributed by atoms with Crippen LogP contribution >= 0.6 is 0 Å². The molecule has 0 spiro atoms.